The van der Waals surface area contributed by atoms with Gasteiger partial charge in [0.05, 0.1) is 18.5 Å². The number of rotatable bonds is 1. The Labute approximate surface area is 62.3 Å². The Balaban J connectivity index is -0.0000000800. The first kappa shape index (κ1) is 10.1. The molecule has 0 aromatic heterocycles. The molecule has 0 spiro atoms. The van der Waals surface area contributed by atoms with E-state index in [0.29, 0.717) is 0 Å². The Kier molecular flexibility index (Phi) is 10.3. The number of hydrogen-bond donors (Lipinski definition) is 0. The van der Waals surface area contributed by atoms with E-state index in [-0.39, 0.29) is 31.0 Å². The molecule has 0 aliphatic rings. The molecule has 5 heteroatoms. The third-order valence-electron chi connectivity index (χ3n) is 0.136. The van der Waals surface area contributed by atoms with Gasteiger partial charge in [0, 0.05) is 0 Å². The molecule has 0 fully saturated rings. The van der Waals surface area contributed by atoms with Crippen LogP contribution >= 0.6 is 0 Å². The van der Waals surface area contributed by atoms with Gasteiger partial charge in [0.1, 0.15) is 0 Å². The largest absolute Gasteiger partial charge is 1.00 e. The fourth-order valence-corrected chi connectivity index (χ4v) is 0. The SMILES string of the molecule is COS(=O)[O-].[H-].[Na+]. The van der Waals surface area contributed by atoms with Crippen molar-refractivity contribution in [2.75, 3.05) is 7.11 Å². The molecule has 0 aromatic carbocycles. The molecule has 0 bridgehead atoms. The van der Waals surface area contributed by atoms with Gasteiger partial charge in [0.2, 0.25) is 0 Å². The first-order chi connectivity index (χ1) is 2.27. The van der Waals surface area contributed by atoms with E-state index in [9.17, 15) is 0 Å². The minimum absolute atomic E-state index is 0. The molecular weight excluding hydrogens is 115 g/mol. The minimum Gasteiger partial charge on any atom is -1.00 e. The average molecular weight is 119 g/mol. The van der Waals surface area contributed by atoms with E-state index in [1.165, 1.54) is 0 Å². The Morgan fingerprint density at radius 3 is 2.17 bits per heavy atom. The zero-order chi connectivity index (χ0) is 4.28. The summed E-state index contributed by atoms with van der Waals surface area (Å²) in [4.78, 5) is 0. The summed E-state index contributed by atoms with van der Waals surface area (Å²) in [5.74, 6) is 0. The molecule has 0 saturated heterocycles. The fourth-order valence-electron chi connectivity index (χ4n) is 0. The smallest absolute Gasteiger partial charge is 1.00 e. The van der Waals surface area contributed by atoms with E-state index < -0.39 is 11.4 Å². The molecule has 0 aliphatic carbocycles. The van der Waals surface area contributed by atoms with Gasteiger partial charge < -0.3 is 10.2 Å². The second-order valence-corrected chi connectivity index (χ2v) is 1.11. The van der Waals surface area contributed by atoms with E-state index in [1.807, 2.05) is 0 Å². The van der Waals surface area contributed by atoms with E-state index in [2.05, 4.69) is 4.18 Å². The second-order valence-electron chi connectivity index (χ2n) is 0.371. The summed E-state index contributed by atoms with van der Waals surface area (Å²) >= 11 is -2.32. The van der Waals surface area contributed by atoms with Crippen molar-refractivity contribution in [1.29, 1.82) is 0 Å². The molecule has 0 N–H and O–H groups in total. The maximum atomic E-state index is 9.15. The maximum Gasteiger partial charge on any atom is 1.00 e. The van der Waals surface area contributed by atoms with Gasteiger partial charge in [0.25, 0.3) is 0 Å². The zero-order valence-electron chi connectivity index (χ0n) is 4.63. The van der Waals surface area contributed by atoms with Crippen molar-refractivity contribution < 1.29 is 43.9 Å². The Bertz CT molecular complexity index is 50.2. The van der Waals surface area contributed by atoms with Crippen LogP contribution in [-0.4, -0.2) is 15.9 Å². The summed E-state index contributed by atoms with van der Waals surface area (Å²) in [7, 11) is 1.09. The van der Waals surface area contributed by atoms with Gasteiger partial charge in [-0.3, -0.25) is 0 Å². The summed E-state index contributed by atoms with van der Waals surface area (Å²) in [5.41, 5.74) is 0. The van der Waals surface area contributed by atoms with Crippen LogP contribution in [0.2, 0.25) is 0 Å². The van der Waals surface area contributed by atoms with Gasteiger partial charge in [-0.2, -0.15) is 0 Å². The molecule has 34 valence electrons. The van der Waals surface area contributed by atoms with Crippen LogP contribution < -0.4 is 29.6 Å². The molecule has 6 heavy (non-hydrogen) atoms. The van der Waals surface area contributed by atoms with Gasteiger partial charge in [-0.05, 0) is 0 Å². The van der Waals surface area contributed by atoms with Crippen LogP contribution in [0.3, 0.4) is 0 Å². The van der Waals surface area contributed by atoms with Gasteiger partial charge in [-0.1, -0.05) is 0 Å². The fraction of sp³-hybridized carbons (Fsp3) is 1.00. The minimum atomic E-state index is -2.32. The Hall–Kier alpha value is 1.07. The van der Waals surface area contributed by atoms with Crippen molar-refractivity contribution in [3.8, 4) is 0 Å². The summed E-state index contributed by atoms with van der Waals surface area (Å²) in [6, 6.07) is 0. The average Bonchev–Trinajstić information content (AvgIpc) is 1.38. The van der Waals surface area contributed by atoms with Crippen molar-refractivity contribution in [2.45, 2.75) is 0 Å². The molecule has 0 heterocycles. The molecule has 0 aromatic rings. The predicted molar refractivity (Wildman–Crippen MR) is 17.0 cm³/mol. The molecule has 0 amide bonds. The van der Waals surface area contributed by atoms with Gasteiger partial charge in [0.15, 0.2) is 0 Å². The van der Waals surface area contributed by atoms with Crippen molar-refractivity contribution in [3.63, 3.8) is 0 Å². The molecule has 0 saturated carbocycles. The number of hydrogen-bond acceptors (Lipinski definition) is 3. The van der Waals surface area contributed by atoms with Crippen molar-refractivity contribution in [3.05, 3.63) is 0 Å². The monoisotopic (exact) mass is 119 g/mol. The topological polar surface area (TPSA) is 49.4 Å². The predicted octanol–water partition coefficient (Wildman–Crippen LogP) is -3.46. The summed E-state index contributed by atoms with van der Waals surface area (Å²) in [6.45, 7) is 0. The van der Waals surface area contributed by atoms with Gasteiger partial charge in [-0.25, -0.2) is 4.21 Å². The van der Waals surface area contributed by atoms with Crippen molar-refractivity contribution >= 4 is 11.4 Å². The van der Waals surface area contributed by atoms with Gasteiger partial charge >= 0.3 is 29.6 Å². The van der Waals surface area contributed by atoms with Crippen molar-refractivity contribution in [1.82, 2.24) is 0 Å². The molecular formula is CH4NaO3S-. The summed E-state index contributed by atoms with van der Waals surface area (Å²) in [6.07, 6.45) is 0. The van der Waals surface area contributed by atoms with E-state index in [4.69, 9.17) is 8.76 Å². The van der Waals surface area contributed by atoms with Crippen molar-refractivity contribution in [2.24, 2.45) is 0 Å². The molecule has 0 radical (unpaired) electrons. The molecule has 3 nitrogen and oxygen atoms in total. The zero-order valence-corrected chi connectivity index (χ0v) is 6.45. The van der Waals surface area contributed by atoms with Crippen LogP contribution in [0.5, 0.6) is 0 Å². The van der Waals surface area contributed by atoms with Gasteiger partial charge in [-0.15, -0.1) is 0 Å². The third-order valence-corrected chi connectivity index (χ3v) is 0.408. The quantitative estimate of drug-likeness (QED) is 0.266. The van der Waals surface area contributed by atoms with Crippen LogP contribution in [-0.2, 0) is 15.5 Å². The van der Waals surface area contributed by atoms with E-state index >= 15 is 0 Å². The molecule has 1 atom stereocenters. The normalized spacial score (nSPS) is 12.3. The maximum absolute atomic E-state index is 9.15. The standard InChI is InChI=1S/CH4O3S.Na.H/c1-4-5(2)3;;/h1H3,(H,2,3);;/q;+1;-1/p-1. The summed E-state index contributed by atoms with van der Waals surface area (Å²) in [5, 5.41) is 0. The third kappa shape index (κ3) is 8.91. The summed E-state index contributed by atoms with van der Waals surface area (Å²) < 4.78 is 22.0. The Morgan fingerprint density at radius 2 is 2.17 bits per heavy atom. The van der Waals surface area contributed by atoms with Crippen LogP contribution in [0.1, 0.15) is 1.43 Å². The van der Waals surface area contributed by atoms with E-state index in [1.54, 1.807) is 0 Å². The molecule has 1 unspecified atom stereocenters. The van der Waals surface area contributed by atoms with Crippen LogP contribution in [0.4, 0.5) is 0 Å². The first-order valence-electron chi connectivity index (χ1n) is 0.908. The molecule has 0 rings (SSSR count). The first-order valence-corrected chi connectivity index (χ1v) is 1.91. The molecule has 0 aliphatic heterocycles. The van der Waals surface area contributed by atoms with Crippen LogP contribution in [0, 0.1) is 0 Å². The van der Waals surface area contributed by atoms with E-state index in [0.717, 1.165) is 7.11 Å². The Morgan fingerprint density at radius 1 is 2.00 bits per heavy atom. The van der Waals surface area contributed by atoms with Crippen LogP contribution in [0.15, 0.2) is 0 Å². The van der Waals surface area contributed by atoms with Crippen LogP contribution in [0.25, 0.3) is 0 Å². The second kappa shape index (κ2) is 6.07.